The van der Waals surface area contributed by atoms with Crippen LogP contribution in [0.2, 0.25) is 0 Å². The molecule has 114 valence electrons. The van der Waals surface area contributed by atoms with Crippen molar-refractivity contribution < 1.29 is 5.11 Å². The Morgan fingerprint density at radius 3 is 2.21 bits per heavy atom. The second-order valence-electron chi connectivity index (χ2n) is 7.49. The van der Waals surface area contributed by atoms with Gasteiger partial charge in [0.25, 0.3) is 0 Å². The second-order valence-corrected chi connectivity index (χ2v) is 7.49. The van der Waals surface area contributed by atoms with Gasteiger partial charge in [-0.05, 0) is 62.3 Å². The van der Waals surface area contributed by atoms with Gasteiger partial charge in [-0.25, -0.2) is 0 Å². The summed E-state index contributed by atoms with van der Waals surface area (Å²) in [5, 5.41) is 12.8. The minimum absolute atomic E-state index is 0.336. The van der Waals surface area contributed by atoms with Gasteiger partial charge in [-0.1, -0.05) is 34.1 Å². The average Bonchev–Trinajstić information content (AvgIpc) is 2.36. The van der Waals surface area contributed by atoms with Gasteiger partial charge >= 0.3 is 0 Å². The zero-order valence-corrected chi connectivity index (χ0v) is 13.5. The maximum atomic E-state index is 9.10. The molecular formula is C17H35NO. The van der Waals surface area contributed by atoms with Crippen molar-refractivity contribution in [1.82, 2.24) is 5.32 Å². The molecule has 1 atom stereocenters. The minimum atomic E-state index is 0.336. The monoisotopic (exact) mass is 269 g/mol. The molecular weight excluding hydrogens is 234 g/mol. The molecule has 1 aliphatic carbocycles. The van der Waals surface area contributed by atoms with Crippen molar-refractivity contribution in [2.75, 3.05) is 13.2 Å². The van der Waals surface area contributed by atoms with Gasteiger partial charge in [0.1, 0.15) is 0 Å². The highest BCUT2D eigenvalue weighted by Crippen LogP contribution is 2.37. The van der Waals surface area contributed by atoms with Gasteiger partial charge in [-0.2, -0.15) is 0 Å². The Morgan fingerprint density at radius 2 is 1.74 bits per heavy atom. The molecule has 0 aliphatic heterocycles. The normalized spacial score (nSPS) is 26.4. The first kappa shape index (κ1) is 17.0. The molecule has 0 radical (unpaired) electrons. The highest BCUT2D eigenvalue weighted by atomic mass is 16.3. The first-order valence-corrected chi connectivity index (χ1v) is 8.31. The van der Waals surface area contributed by atoms with Crippen LogP contribution in [0.4, 0.5) is 0 Å². The molecule has 0 heterocycles. The molecule has 0 aromatic carbocycles. The zero-order chi connectivity index (χ0) is 14.3. The molecule has 0 amide bonds. The molecule has 1 unspecified atom stereocenters. The van der Waals surface area contributed by atoms with Gasteiger partial charge < -0.3 is 10.4 Å². The van der Waals surface area contributed by atoms with Crippen LogP contribution >= 0.6 is 0 Å². The smallest absolute Gasteiger partial charge is 0.0434 e. The molecule has 1 saturated carbocycles. The van der Waals surface area contributed by atoms with Crippen molar-refractivity contribution in [3.63, 3.8) is 0 Å². The van der Waals surface area contributed by atoms with Crippen LogP contribution in [0.1, 0.15) is 72.6 Å². The Morgan fingerprint density at radius 1 is 1.11 bits per heavy atom. The van der Waals surface area contributed by atoms with E-state index in [0.29, 0.717) is 17.9 Å². The predicted molar refractivity (Wildman–Crippen MR) is 83.3 cm³/mol. The van der Waals surface area contributed by atoms with Crippen molar-refractivity contribution >= 4 is 0 Å². The summed E-state index contributed by atoms with van der Waals surface area (Å²) in [5.41, 5.74) is 0.479. The van der Waals surface area contributed by atoms with Crippen molar-refractivity contribution in [3.8, 4) is 0 Å². The van der Waals surface area contributed by atoms with E-state index in [1.54, 1.807) is 0 Å². The van der Waals surface area contributed by atoms with E-state index < -0.39 is 0 Å². The van der Waals surface area contributed by atoms with Crippen LogP contribution in [-0.4, -0.2) is 24.3 Å². The van der Waals surface area contributed by atoms with E-state index >= 15 is 0 Å². The number of aliphatic hydroxyl groups is 1. The second kappa shape index (κ2) is 8.26. The number of hydrogen-bond donors (Lipinski definition) is 2. The van der Waals surface area contributed by atoms with Crippen LogP contribution in [0.15, 0.2) is 0 Å². The quantitative estimate of drug-likeness (QED) is 0.732. The molecule has 1 fully saturated rings. The lowest BCUT2D eigenvalue weighted by atomic mass is 9.71. The van der Waals surface area contributed by atoms with E-state index in [-0.39, 0.29) is 0 Å². The Hall–Kier alpha value is -0.0800. The molecule has 2 nitrogen and oxygen atoms in total. The Bertz CT molecular complexity index is 220. The summed E-state index contributed by atoms with van der Waals surface area (Å²) in [6.07, 6.45) is 8.84. The summed E-state index contributed by atoms with van der Waals surface area (Å²) >= 11 is 0. The lowest BCUT2D eigenvalue weighted by molar-refractivity contribution is 0.156. The van der Waals surface area contributed by atoms with Gasteiger partial charge in [-0.15, -0.1) is 0 Å². The average molecular weight is 269 g/mol. The molecule has 1 aliphatic rings. The highest BCUT2D eigenvalue weighted by Gasteiger charge is 2.29. The summed E-state index contributed by atoms with van der Waals surface area (Å²) < 4.78 is 0. The fraction of sp³-hybridized carbons (Fsp3) is 1.00. The first-order chi connectivity index (χ1) is 8.97. The van der Waals surface area contributed by atoms with E-state index in [9.17, 15) is 0 Å². The third-order valence-electron chi connectivity index (χ3n) is 4.88. The van der Waals surface area contributed by atoms with Crippen LogP contribution in [0.3, 0.4) is 0 Å². The zero-order valence-electron chi connectivity index (χ0n) is 13.5. The maximum absolute atomic E-state index is 9.10. The van der Waals surface area contributed by atoms with Gasteiger partial charge in [0.05, 0.1) is 0 Å². The van der Waals surface area contributed by atoms with E-state index in [1.807, 2.05) is 0 Å². The third-order valence-corrected chi connectivity index (χ3v) is 4.88. The van der Waals surface area contributed by atoms with Crippen LogP contribution in [0.5, 0.6) is 0 Å². The number of nitrogens with one attached hydrogen (secondary N) is 1. The van der Waals surface area contributed by atoms with Gasteiger partial charge in [-0.3, -0.25) is 0 Å². The van der Waals surface area contributed by atoms with Crippen LogP contribution in [0.25, 0.3) is 0 Å². The molecule has 0 bridgehead atoms. The van der Waals surface area contributed by atoms with Crippen molar-refractivity contribution in [2.45, 2.75) is 78.7 Å². The topological polar surface area (TPSA) is 32.3 Å². The summed E-state index contributed by atoms with van der Waals surface area (Å²) in [5.74, 6) is 1.56. The van der Waals surface area contributed by atoms with Crippen LogP contribution in [0, 0.1) is 17.3 Å². The van der Waals surface area contributed by atoms with E-state index in [4.69, 9.17) is 5.11 Å². The summed E-state index contributed by atoms with van der Waals surface area (Å²) in [6, 6.07) is 0.719. The van der Waals surface area contributed by atoms with Crippen molar-refractivity contribution in [2.24, 2.45) is 17.3 Å². The first-order valence-electron chi connectivity index (χ1n) is 8.31. The summed E-state index contributed by atoms with van der Waals surface area (Å²) in [6.45, 7) is 10.8. The third kappa shape index (κ3) is 6.27. The minimum Gasteiger partial charge on any atom is -0.396 e. The molecule has 1 rings (SSSR count). The Labute approximate surface area is 120 Å². The fourth-order valence-electron chi connectivity index (χ4n) is 3.44. The standard InChI is InChI=1S/C17H35NO/c1-5-6-14(11-12-19)13-18-16-9-7-15(8-10-16)17(2,3)4/h14-16,18-19H,5-13H2,1-4H3. The fourth-order valence-corrected chi connectivity index (χ4v) is 3.44. The molecule has 0 aromatic rings. The van der Waals surface area contributed by atoms with Gasteiger partial charge in [0.2, 0.25) is 0 Å². The van der Waals surface area contributed by atoms with Crippen molar-refractivity contribution in [1.29, 1.82) is 0 Å². The molecule has 0 aromatic heterocycles. The molecule has 0 spiro atoms. The lowest BCUT2D eigenvalue weighted by Gasteiger charge is -2.37. The summed E-state index contributed by atoms with van der Waals surface area (Å²) in [7, 11) is 0. The lowest BCUT2D eigenvalue weighted by Crippen LogP contribution is -2.38. The maximum Gasteiger partial charge on any atom is 0.0434 e. The van der Waals surface area contributed by atoms with E-state index in [2.05, 4.69) is 33.0 Å². The summed E-state index contributed by atoms with van der Waals surface area (Å²) in [4.78, 5) is 0. The van der Waals surface area contributed by atoms with E-state index in [0.717, 1.165) is 24.9 Å². The largest absolute Gasteiger partial charge is 0.396 e. The van der Waals surface area contributed by atoms with E-state index in [1.165, 1.54) is 38.5 Å². The number of aliphatic hydroxyl groups excluding tert-OH is 1. The SMILES string of the molecule is CCCC(CCO)CNC1CCC(C(C)(C)C)CC1. The van der Waals surface area contributed by atoms with Crippen LogP contribution in [-0.2, 0) is 0 Å². The van der Waals surface area contributed by atoms with Gasteiger partial charge in [0.15, 0.2) is 0 Å². The predicted octanol–water partition coefficient (Wildman–Crippen LogP) is 3.98. The molecule has 2 N–H and O–H groups in total. The van der Waals surface area contributed by atoms with Gasteiger partial charge in [0, 0.05) is 12.6 Å². The molecule has 19 heavy (non-hydrogen) atoms. The number of rotatable bonds is 7. The highest BCUT2D eigenvalue weighted by molar-refractivity contribution is 4.83. The Kier molecular flexibility index (Phi) is 7.38. The van der Waals surface area contributed by atoms with Crippen LogP contribution < -0.4 is 5.32 Å². The molecule has 0 saturated heterocycles. The van der Waals surface area contributed by atoms with Crippen molar-refractivity contribution in [3.05, 3.63) is 0 Å². The molecule has 2 heteroatoms. The number of hydrogen-bond acceptors (Lipinski definition) is 2. The Balaban J connectivity index is 2.25.